The van der Waals surface area contributed by atoms with E-state index in [0.717, 1.165) is 33.3 Å². The number of carbonyl (C=O) groups is 1. The molecule has 37 heavy (non-hydrogen) atoms. The number of halogens is 1. The number of rotatable bonds is 11. The molecule has 3 aromatic carbocycles. The Kier molecular flexibility index (Phi) is 8.99. The van der Waals surface area contributed by atoms with E-state index in [1.807, 2.05) is 32.0 Å². The van der Waals surface area contributed by atoms with Crippen LogP contribution >= 0.6 is 0 Å². The Labute approximate surface area is 217 Å². The number of benzene rings is 3. The Morgan fingerprint density at radius 2 is 1.54 bits per heavy atom. The molecule has 198 valence electrons. The van der Waals surface area contributed by atoms with Crippen molar-refractivity contribution in [1.29, 1.82) is 0 Å². The van der Waals surface area contributed by atoms with Gasteiger partial charge >= 0.3 is 0 Å². The maximum absolute atomic E-state index is 13.7. The first-order valence-electron chi connectivity index (χ1n) is 11.6. The van der Waals surface area contributed by atoms with E-state index < -0.39 is 28.3 Å². The smallest absolute Gasteiger partial charge is 0.264 e. The van der Waals surface area contributed by atoms with Crippen molar-refractivity contribution in [3.05, 3.63) is 77.6 Å². The average Bonchev–Trinajstić information content (AvgIpc) is 2.90. The first kappa shape index (κ1) is 27.8. The van der Waals surface area contributed by atoms with Gasteiger partial charge in [-0.25, -0.2) is 12.8 Å². The zero-order chi connectivity index (χ0) is 27.2. The largest absolute Gasteiger partial charge is 0.496 e. The lowest BCUT2D eigenvalue weighted by atomic mass is 10.0. The lowest BCUT2D eigenvalue weighted by molar-refractivity contribution is -0.120. The average molecular weight is 531 g/mol. The van der Waals surface area contributed by atoms with Gasteiger partial charge in [0.2, 0.25) is 5.91 Å². The molecule has 0 saturated carbocycles. The Balaban J connectivity index is 1.94. The van der Waals surface area contributed by atoms with Gasteiger partial charge < -0.3 is 19.5 Å². The van der Waals surface area contributed by atoms with Crippen LogP contribution in [-0.4, -0.2) is 42.2 Å². The second-order valence-electron chi connectivity index (χ2n) is 8.26. The Morgan fingerprint density at radius 3 is 2.11 bits per heavy atom. The predicted molar refractivity (Wildman–Crippen MR) is 139 cm³/mol. The molecule has 0 bridgehead atoms. The Hall–Kier alpha value is -3.79. The molecule has 0 aliphatic carbocycles. The fraction of sp³-hybridized carbons (Fsp3) is 0.296. The van der Waals surface area contributed by atoms with Crippen molar-refractivity contribution in [1.82, 2.24) is 5.32 Å². The molecule has 0 radical (unpaired) electrons. The minimum atomic E-state index is -4.24. The van der Waals surface area contributed by atoms with E-state index >= 15 is 0 Å². The van der Waals surface area contributed by atoms with Crippen LogP contribution in [0.25, 0.3) is 0 Å². The fourth-order valence-electron chi connectivity index (χ4n) is 3.94. The number of ether oxygens (including phenoxy) is 3. The summed E-state index contributed by atoms with van der Waals surface area (Å²) in [5.41, 5.74) is 1.92. The molecule has 0 heterocycles. The molecule has 0 unspecified atom stereocenters. The summed E-state index contributed by atoms with van der Waals surface area (Å²) in [6.07, 6.45) is 0.580. The minimum Gasteiger partial charge on any atom is -0.496 e. The highest BCUT2D eigenvalue weighted by Crippen LogP contribution is 2.32. The van der Waals surface area contributed by atoms with Crippen LogP contribution in [0.5, 0.6) is 17.2 Å². The van der Waals surface area contributed by atoms with Gasteiger partial charge in [-0.15, -0.1) is 0 Å². The van der Waals surface area contributed by atoms with Gasteiger partial charge in [-0.3, -0.25) is 9.10 Å². The van der Waals surface area contributed by atoms with E-state index in [1.165, 1.54) is 44.6 Å². The third-order valence-corrected chi connectivity index (χ3v) is 7.68. The number of methoxy groups -OCH3 is 3. The van der Waals surface area contributed by atoms with Crippen LogP contribution in [0.15, 0.2) is 65.6 Å². The van der Waals surface area contributed by atoms with Crippen molar-refractivity contribution >= 4 is 21.6 Å². The van der Waals surface area contributed by atoms with Crippen molar-refractivity contribution in [2.45, 2.75) is 31.2 Å². The van der Waals surface area contributed by atoms with Gasteiger partial charge in [0.1, 0.15) is 18.1 Å². The molecule has 1 atom stereocenters. The number of carbonyl (C=O) groups excluding carboxylic acids is 1. The molecule has 10 heteroatoms. The quantitative estimate of drug-likeness (QED) is 0.389. The van der Waals surface area contributed by atoms with E-state index in [9.17, 15) is 17.6 Å². The highest BCUT2D eigenvalue weighted by molar-refractivity contribution is 7.92. The first-order valence-corrected chi connectivity index (χ1v) is 13.0. The molecule has 0 fully saturated rings. The standard InChI is InChI=1S/C27H31FN2O6S/c1-6-23(19-7-13-24(34-3)18(2)15-19)29-27(31)17-30(21-10-8-20(28)9-11-21)37(32,33)22-12-14-25(35-4)26(16-22)36-5/h7-16,23H,6,17H2,1-5H3,(H,29,31)/t23-/m1/s1. The van der Waals surface area contributed by atoms with Crippen LogP contribution in [-0.2, 0) is 14.8 Å². The summed E-state index contributed by atoms with van der Waals surface area (Å²) in [5.74, 6) is 0.251. The van der Waals surface area contributed by atoms with Crippen LogP contribution in [0.3, 0.4) is 0 Å². The molecule has 1 amide bonds. The van der Waals surface area contributed by atoms with Crippen molar-refractivity contribution in [2.75, 3.05) is 32.2 Å². The summed E-state index contributed by atoms with van der Waals surface area (Å²) in [4.78, 5) is 13.1. The van der Waals surface area contributed by atoms with E-state index in [-0.39, 0.29) is 22.4 Å². The zero-order valence-electron chi connectivity index (χ0n) is 21.4. The number of hydrogen-bond donors (Lipinski definition) is 1. The third kappa shape index (κ3) is 6.32. The third-order valence-electron chi connectivity index (χ3n) is 5.91. The van der Waals surface area contributed by atoms with E-state index in [1.54, 1.807) is 7.11 Å². The maximum atomic E-state index is 13.7. The van der Waals surface area contributed by atoms with Crippen LogP contribution in [0.2, 0.25) is 0 Å². The van der Waals surface area contributed by atoms with Gasteiger partial charge in [0.05, 0.1) is 38.0 Å². The number of sulfonamides is 1. The van der Waals surface area contributed by atoms with E-state index in [2.05, 4.69) is 5.32 Å². The molecule has 3 rings (SSSR count). The molecular weight excluding hydrogens is 499 g/mol. The molecule has 3 aromatic rings. The van der Waals surface area contributed by atoms with Gasteiger partial charge in [-0.05, 0) is 66.9 Å². The molecule has 8 nitrogen and oxygen atoms in total. The van der Waals surface area contributed by atoms with E-state index in [0.29, 0.717) is 12.2 Å². The molecule has 0 aliphatic heterocycles. The zero-order valence-corrected chi connectivity index (χ0v) is 22.3. The van der Waals surface area contributed by atoms with Crippen molar-refractivity contribution < 1.29 is 31.8 Å². The van der Waals surface area contributed by atoms with Gasteiger partial charge in [0.15, 0.2) is 11.5 Å². The summed E-state index contributed by atoms with van der Waals surface area (Å²) in [7, 11) is 0.177. The molecule has 0 saturated heterocycles. The number of anilines is 1. The summed E-state index contributed by atoms with van der Waals surface area (Å²) in [5, 5.41) is 2.92. The molecule has 1 N–H and O–H groups in total. The Bertz CT molecular complexity index is 1350. The van der Waals surface area contributed by atoms with Crippen molar-refractivity contribution in [2.24, 2.45) is 0 Å². The second kappa shape index (κ2) is 12.0. The highest BCUT2D eigenvalue weighted by atomic mass is 32.2. The topological polar surface area (TPSA) is 94.2 Å². The first-order chi connectivity index (χ1) is 17.6. The van der Waals surface area contributed by atoms with E-state index in [4.69, 9.17) is 14.2 Å². The van der Waals surface area contributed by atoms with Gasteiger partial charge in [0.25, 0.3) is 10.0 Å². The van der Waals surface area contributed by atoms with Gasteiger partial charge in [-0.1, -0.05) is 19.1 Å². The lowest BCUT2D eigenvalue weighted by Gasteiger charge is -2.26. The minimum absolute atomic E-state index is 0.111. The number of aryl methyl sites for hydroxylation is 1. The van der Waals surface area contributed by atoms with Gasteiger partial charge in [-0.2, -0.15) is 0 Å². The Morgan fingerprint density at radius 1 is 0.919 bits per heavy atom. The fourth-order valence-corrected chi connectivity index (χ4v) is 5.37. The van der Waals surface area contributed by atoms with Crippen molar-refractivity contribution in [3.8, 4) is 17.2 Å². The molecule has 0 spiro atoms. The molecule has 0 aromatic heterocycles. The summed E-state index contributed by atoms with van der Waals surface area (Å²) < 4.78 is 57.7. The van der Waals surface area contributed by atoms with Gasteiger partial charge in [0, 0.05) is 6.07 Å². The predicted octanol–water partition coefficient (Wildman–Crippen LogP) is 4.62. The summed E-state index contributed by atoms with van der Waals surface area (Å²) in [6.45, 7) is 3.30. The normalized spacial score (nSPS) is 11.9. The van der Waals surface area contributed by atoms with Crippen LogP contribution in [0.1, 0.15) is 30.5 Å². The van der Waals surface area contributed by atoms with Crippen molar-refractivity contribution in [3.63, 3.8) is 0 Å². The summed E-state index contributed by atoms with van der Waals surface area (Å²) >= 11 is 0. The van der Waals surface area contributed by atoms with Crippen LogP contribution in [0.4, 0.5) is 10.1 Å². The number of nitrogens with one attached hydrogen (secondary N) is 1. The highest BCUT2D eigenvalue weighted by Gasteiger charge is 2.29. The second-order valence-corrected chi connectivity index (χ2v) is 10.1. The monoisotopic (exact) mass is 530 g/mol. The number of hydrogen-bond acceptors (Lipinski definition) is 6. The van der Waals surface area contributed by atoms with Crippen LogP contribution < -0.4 is 23.8 Å². The summed E-state index contributed by atoms with van der Waals surface area (Å²) in [6, 6.07) is 14.3. The lowest BCUT2D eigenvalue weighted by Crippen LogP contribution is -2.42. The number of nitrogens with zero attached hydrogens (tertiary/aromatic N) is 1. The maximum Gasteiger partial charge on any atom is 0.264 e. The number of amides is 1. The molecule has 0 aliphatic rings. The molecular formula is C27H31FN2O6S. The van der Waals surface area contributed by atoms with Crippen LogP contribution in [0, 0.1) is 12.7 Å². The SMILES string of the molecule is CC[C@@H](NC(=O)CN(c1ccc(F)cc1)S(=O)(=O)c1ccc(OC)c(OC)c1)c1ccc(OC)c(C)c1.